The van der Waals surface area contributed by atoms with E-state index in [0.717, 1.165) is 11.3 Å². The Hall–Kier alpha value is -2.50. The highest BCUT2D eigenvalue weighted by Gasteiger charge is 2.24. The van der Waals surface area contributed by atoms with Crippen molar-refractivity contribution >= 4 is 5.91 Å². The van der Waals surface area contributed by atoms with E-state index in [-0.39, 0.29) is 17.0 Å². The predicted octanol–water partition coefficient (Wildman–Crippen LogP) is 0.374. The van der Waals surface area contributed by atoms with Crippen LogP contribution in [0.4, 0.5) is 0 Å². The molecule has 0 aromatic carbocycles. The van der Waals surface area contributed by atoms with Crippen molar-refractivity contribution in [3.63, 3.8) is 0 Å². The molecule has 0 aliphatic carbocycles. The van der Waals surface area contributed by atoms with Crippen LogP contribution in [0, 0.1) is 0 Å². The molecule has 20 heavy (non-hydrogen) atoms. The molecule has 0 fully saturated rings. The highest BCUT2D eigenvalue weighted by atomic mass is 16.2. The molecule has 0 bridgehead atoms. The van der Waals surface area contributed by atoms with E-state index in [4.69, 9.17) is 0 Å². The summed E-state index contributed by atoms with van der Waals surface area (Å²) >= 11 is 0. The van der Waals surface area contributed by atoms with Gasteiger partial charge in [0.1, 0.15) is 11.9 Å². The van der Waals surface area contributed by atoms with Gasteiger partial charge in [-0.3, -0.25) is 9.59 Å². The number of amides is 1. The highest BCUT2D eigenvalue weighted by molar-refractivity contribution is 5.93. The van der Waals surface area contributed by atoms with E-state index >= 15 is 0 Å². The maximum atomic E-state index is 12.5. The van der Waals surface area contributed by atoms with Crippen molar-refractivity contribution in [3.05, 3.63) is 58.0 Å². The number of nitrogens with zero attached hydrogens (tertiary/aromatic N) is 4. The Bertz CT molecular complexity index is 723. The average molecular weight is 270 g/mol. The first-order chi connectivity index (χ1) is 9.66. The fourth-order valence-corrected chi connectivity index (χ4v) is 2.37. The third-order valence-electron chi connectivity index (χ3n) is 3.50. The van der Waals surface area contributed by atoms with Gasteiger partial charge in [0, 0.05) is 44.5 Å². The minimum Gasteiger partial charge on any atom is -0.334 e. The molecule has 6 nitrogen and oxygen atoms in total. The topological polar surface area (TPSA) is 68.1 Å². The lowest BCUT2D eigenvalue weighted by atomic mass is 10.1. The summed E-state index contributed by atoms with van der Waals surface area (Å²) in [5.74, 6) is -0.235. The number of aromatic nitrogens is 3. The summed E-state index contributed by atoms with van der Waals surface area (Å²) in [5.41, 5.74) is 1.85. The summed E-state index contributed by atoms with van der Waals surface area (Å²) in [6.07, 6.45) is 5.57. The molecule has 1 amide bonds. The number of rotatable bonds is 1. The third-order valence-corrected chi connectivity index (χ3v) is 3.50. The molecule has 2 aromatic rings. The first-order valence-electron chi connectivity index (χ1n) is 6.39. The van der Waals surface area contributed by atoms with E-state index in [0.29, 0.717) is 19.5 Å². The van der Waals surface area contributed by atoms with Crippen LogP contribution < -0.4 is 5.56 Å². The van der Waals surface area contributed by atoms with Crippen LogP contribution in [0.15, 0.2) is 35.6 Å². The molecule has 0 saturated carbocycles. The lowest BCUT2D eigenvalue weighted by Crippen LogP contribution is -2.39. The van der Waals surface area contributed by atoms with Gasteiger partial charge in [-0.1, -0.05) is 0 Å². The number of aryl methyl sites for hydroxylation is 1. The summed E-state index contributed by atoms with van der Waals surface area (Å²) in [4.78, 5) is 34.3. The van der Waals surface area contributed by atoms with Crippen LogP contribution in [0.25, 0.3) is 0 Å². The molecule has 0 spiro atoms. The molecule has 1 aliphatic heterocycles. The maximum absolute atomic E-state index is 12.5. The maximum Gasteiger partial charge on any atom is 0.263 e. The van der Waals surface area contributed by atoms with Crippen LogP contribution in [0.5, 0.6) is 0 Å². The molecule has 0 N–H and O–H groups in total. The summed E-state index contributed by atoms with van der Waals surface area (Å²) in [5, 5.41) is 0. The minimum atomic E-state index is -0.271. The molecule has 0 atom stereocenters. The molecular formula is C14H14N4O2. The van der Waals surface area contributed by atoms with Crippen molar-refractivity contribution in [2.24, 2.45) is 7.05 Å². The first kappa shape index (κ1) is 12.5. The van der Waals surface area contributed by atoms with E-state index in [1.165, 1.54) is 10.9 Å². The number of hydrogen-bond acceptors (Lipinski definition) is 4. The standard InChI is InChI=1S/C14H14N4O2/c1-17-5-2-3-11(13(17)19)14(20)18-6-4-12-10(8-18)7-15-9-16-12/h2-3,5,7,9H,4,6,8H2,1H3. The second-order valence-corrected chi connectivity index (χ2v) is 4.81. The molecule has 0 saturated heterocycles. The molecular weight excluding hydrogens is 256 g/mol. The Balaban J connectivity index is 1.90. The van der Waals surface area contributed by atoms with E-state index < -0.39 is 0 Å². The van der Waals surface area contributed by atoms with Crippen LogP contribution in [0.3, 0.4) is 0 Å². The number of carbonyl (C=O) groups is 1. The molecule has 6 heteroatoms. The van der Waals surface area contributed by atoms with Gasteiger partial charge >= 0.3 is 0 Å². The van der Waals surface area contributed by atoms with Gasteiger partial charge < -0.3 is 9.47 Å². The lowest BCUT2D eigenvalue weighted by Gasteiger charge is -2.27. The van der Waals surface area contributed by atoms with Crippen LogP contribution in [0.2, 0.25) is 0 Å². The zero-order valence-electron chi connectivity index (χ0n) is 11.1. The minimum absolute atomic E-state index is 0.204. The number of hydrogen-bond donors (Lipinski definition) is 0. The predicted molar refractivity (Wildman–Crippen MR) is 72.2 cm³/mol. The fraction of sp³-hybridized carbons (Fsp3) is 0.286. The third kappa shape index (κ3) is 2.09. The molecule has 1 aliphatic rings. The van der Waals surface area contributed by atoms with Crippen LogP contribution >= 0.6 is 0 Å². The number of carbonyl (C=O) groups excluding carboxylic acids is 1. The molecule has 0 radical (unpaired) electrons. The summed E-state index contributed by atoms with van der Waals surface area (Å²) < 4.78 is 1.41. The second kappa shape index (κ2) is 4.88. The van der Waals surface area contributed by atoms with Gasteiger partial charge in [0.15, 0.2) is 0 Å². The second-order valence-electron chi connectivity index (χ2n) is 4.81. The van der Waals surface area contributed by atoms with Crippen molar-refractivity contribution in [2.75, 3.05) is 6.54 Å². The molecule has 3 rings (SSSR count). The van der Waals surface area contributed by atoms with E-state index in [1.54, 1.807) is 36.5 Å². The lowest BCUT2D eigenvalue weighted by molar-refractivity contribution is 0.0731. The molecule has 2 aromatic heterocycles. The van der Waals surface area contributed by atoms with E-state index in [2.05, 4.69) is 9.97 Å². The Labute approximate surface area is 115 Å². The Morgan fingerprint density at radius 1 is 1.40 bits per heavy atom. The van der Waals surface area contributed by atoms with Crippen molar-refractivity contribution in [1.82, 2.24) is 19.4 Å². The Kier molecular flexibility index (Phi) is 3.06. The molecule has 0 unspecified atom stereocenters. The summed E-state index contributed by atoms with van der Waals surface area (Å²) in [7, 11) is 1.64. The van der Waals surface area contributed by atoms with Crippen LogP contribution in [-0.4, -0.2) is 31.9 Å². The van der Waals surface area contributed by atoms with Gasteiger partial charge in [0.2, 0.25) is 0 Å². The largest absolute Gasteiger partial charge is 0.334 e. The fourth-order valence-electron chi connectivity index (χ4n) is 2.37. The average Bonchev–Trinajstić information content (AvgIpc) is 2.49. The Morgan fingerprint density at radius 3 is 3.10 bits per heavy atom. The van der Waals surface area contributed by atoms with Crippen molar-refractivity contribution in [3.8, 4) is 0 Å². The highest BCUT2D eigenvalue weighted by Crippen LogP contribution is 2.16. The first-order valence-corrected chi connectivity index (χ1v) is 6.39. The van der Waals surface area contributed by atoms with Crippen molar-refractivity contribution in [1.29, 1.82) is 0 Å². The van der Waals surface area contributed by atoms with Crippen LogP contribution in [0.1, 0.15) is 21.6 Å². The monoisotopic (exact) mass is 270 g/mol. The summed E-state index contributed by atoms with van der Waals surface area (Å²) in [6.45, 7) is 1.02. The van der Waals surface area contributed by atoms with Gasteiger partial charge in [-0.15, -0.1) is 0 Å². The molecule has 102 valence electrons. The zero-order valence-corrected chi connectivity index (χ0v) is 11.1. The normalized spacial score (nSPS) is 13.9. The Morgan fingerprint density at radius 2 is 2.25 bits per heavy atom. The van der Waals surface area contributed by atoms with Crippen LogP contribution in [-0.2, 0) is 20.0 Å². The summed E-state index contributed by atoms with van der Waals surface area (Å²) in [6, 6.07) is 3.28. The number of fused-ring (bicyclic) bond motifs is 1. The van der Waals surface area contributed by atoms with Gasteiger partial charge in [0.25, 0.3) is 11.5 Å². The van der Waals surface area contributed by atoms with Gasteiger partial charge in [-0.05, 0) is 12.1 Å². The van der Waals surface area contributed by atoms with Gasteiger partial charge in [-0.25, -0.2) is 9.97 Å². The quantitative estimate of drug-likeness (QED) is 0.751. The van der Waals surface area contributed by atoms with Crippen molar-refractivity contribution in [2.45, 2.75) is 13.0 Å². The van der Waals surface area contributed by atoms with E-state index in [1.807, 2.05) is 0 Å². The van der Waals surface area contributed by atoms with Crippen molar-refractivity contribution < 1.29 is 4.79 Å². The van der Waals surface area contributed by atoms with Gasteiger partial charge in [-0.2, -0.15) is 0 Å². The smallest absolute Gasteiger partial charge is 0.263 e. The SMILES string of the molecule is Cn1cccc(C(=O)N2CCc3ncncc3C2)c1=O. The van der Waals surface area contributed by atoms with Gasteiger partial charge in [0.05, 0.1) is 5.69 Å². The number of pyridine rings is 1. The van der Waals surface area contributed by atoms with E-state index in [9.17, 15) is 9.59 Å². The molecule has 3 heterocycles. The zero-order chi connectivity index (χ0) is 14.1.